The van der Waals surface area contributed by atoms with Gasteiger partial charge >= 0.3 is 0 Å². The Morgan fingerprint density at radius 2 is 1.88 bits per heavy atom. The van der Waals surface area contributed by atoms with Gasteiger partial charge in [0.2, 0.25) is 5.95 Å². The Kier molecular flexibility index (Phi) is 3.62. The molecule has 0 bridgehead atoms. The summed E-state index contributed by atoms with van der Waals surface area (Å²) in [4.78, 5) is 14.4. The van der Waals surface area contributed by atoms with Crippen LogP contribution in [0.15, 0.2) is 36.7 Å². The van der Waals surface area contributed by atoms with Crippen LogP contribution in [0, 0.1) is 0 Å². The van der Waals surface area contributed by atoms with Crippen molar-refractivity contribution in [3.05, 3.63) is 48.0 Å². The van der Waals surface area contributed by atoms with Gasteiger partial charge in [0.25, 0.3) is 0 Å². The van der Waals surface area contributed by atoms with Crippen LogP contribution in [0.5, 0.6) is 0 Å². The molecule has 0 aliphatic rings. The number of nitrogens with two attached hydrogens (primary N) is 1. The van der Waals surface area contributed by atoms with Gasteiger partial charge < -0.3 is 5.73 Å². The second kappa shape index (κ2) is 5.36. The standard InChI is InChI=1S/C12H15N5/c1-17(8-10-4-2-3-6-14-10)9-11-5-7-15-12(13)16-11/h2-7H,8-9H2,1H3,(H2,13,15,16). The van der Waals surface area contributed by atoms with E-state index in [1.165, 1.54) is 0 Å². The number of hydrogen-bond acceptors (Lipinski definition) is 5. The van der Waals surface area contributed by atoms with Crippen molar-refractivity contribution in [2.75, 3.05) is 12.8 Å². The molecule has 2 heterocycles. The fourth-order valence-electron chi connectivity index (χ4n) is 1.60. The molecule has 0 aliphatic carbocycles. The van der Waals surface area contributed by atoms with Crippen LogP contribution in [0.2, 0.25) is 0 Å². The molecule has 0 aliphatic heterocycles. The molecule has 2 aromatic rings. The first-order valence-electron chi connectivity index (χ1n) is 5.40. The zero-order chi connectivity index (χ0) is 12.1. The maximum absolute atomic E-state index is 5.53. The summed E-state index contributed by atoms with van der Waals surface area (Å²) in [6, 6.07) is 7.77. The largest absolute Gasteiger partial charge is 0.368 e. The quantitative estimate of drug-likeness (QED) is 0.849. The van der Waals surface area contributed by atoms with Crippen molar-refractivity contribution < 1.29 is 0 Å². The van der Waals surface area contributed by atoms with E-state index in [9.17, 15) is 0 Å². The minimum atomic E-state index is 0.314. The topological polar surface area (TPSA) is 67.9 Å². The van der Waals surface area contributed by atoms with Gasteiger partial charge in [-0.3, -0.25) is 9.88 Å². The highest BCUT2D eigenvalue weighted by molar-refractivity contribution is 5.17. The number of nitrogen functional groups attached to an aromatic ring is 1. The lowest BCUT2D eigenvalue weighted by molar-refractivity contribution is 0.311. The lowest BCUT2D eigenvalue weighted by atomic mass is 10.3. The second-order valence-electron chi connectivity index (χ2n) is 3.90. The highest BCUT2D eigenvalue weighted by Gasteiger charge is 2.03. The van der Waals surface area contributed by atoms with Crippen molar-refractivity contribution in [3.63, 3.8) is 0 Å². The van der Waals surface area contributed by atoms with Gasteiger partial charge in [-0.1, -0.05) is 6.07 Å². The molecule has 2 N–H and O–H groups in total. The van der Waals surface area contributed by atoms with E-state index in [0.717, 1.165) is 24.5 Å². The average Bonchev–Trinajstić information content (AvgIpc) is 2.30. The summed E-state index contributed by atoms with van der Waals surface area (Å²) in [6.07, 6.45) is 3.47. The third-order valence-electron chi connectivity index (χ3n) is 2.32. The number of nitrogens with zero attached hydrogens (tertiary/aromatic N) is 4. The highest BCUT2D eigenvalue weighted by atomic mass is 15.1. The molecule has 0 radical (unpaired) electrons. The van der Waals surface area contributed by atoms with E-state index in [-0.39, 0.29) is 0 Å². The first-order valence-corrected chi connectivity index (χ1v) is 5.40. The van der Waals surface area contributed by atoms with Crippen LogP contribution < -0.4 is 5.73 Å². The molecule has 0 fully saturated rings. The van der Waals surface area contributed by atoms with Gasteiger partial charge in [-0.25, -0.2) is 9.97 Å². The Hall–Kier alpha value is -2.01. The fraction of sp³-hybridized carbons (Fsp3) is 0.250. The predicted octanol–water partition coefficient (Wildman–Crippen LogP) is 1.09. The molecule has 17 heavy (non-hydrogen) atoms. The van der Waals surface area contributed by atoms with Crippen LogP contribution in [-0.4, -0.2) is 26.9 Å². The molecule has 5 heteroatoms. The molecule has 5 nitrogen and oxygen atoms in total. The predicted molar refractivity (Wildman–Crippen MR) is 65.9 cm³/mol. The Morgan fingerprint density at radius 3 is 2.59 bits per heavy atom. The van der Waals surface area contributed by atoms with Gasteiger partial charge in [0, 0.05) is 25.5 Å². The minimum absolute atomic E-state index is 0.314. The Morgan fingerprint density at radius 1 is 1.06 bits per heavy atom. The lowest BCUT2D eigenvalue weighted by Crippen LogP contribution is -2.19. The summed E-state index contributed by atoms with van der Waals surface area (Å²) in [5.41, 5.74) is 7.49. The van der Waals surface area contributed by atoms with E-state index in [0.29, 0.717) is 5.95 Å². The summed E-state index contributed by atoms with van der Waals surface area (Å²) in [7, 11) is 2.02. The molecular weight excluding hydrogens is 214 g/mol. The van der Waals surface area contributed by atoms with Crippen LogP contribution in [0.25, 0.3) is 0 Å². The molecule has 0 amide bonds. The average molecular weight is 229 g/mol. The van der Waals surface area contributed by atoms with Crippen molar-refractivity contribution in [3.8, 4) is 0 Å². The van der Waals surface area contributed by atoms with E-state index in [1.807, 2.05) is 31.3 Å². The molecule has 2 rings (SSSR count). The third kappa shape index (κ3) is 3.49. The maximum Gasteiger partial charge on any atom is 0.220 e. The number of anilines is 1. The van der Waals surface area contributed by atoms with Crippen LogP contribution >= 0.6 is 0 Å². The molecule has 0 atom stereocenters. The van der Waals surface area contributed by atoms with Crippen molar-refractivity contribution in [1.82, 2.24) is 19.9 Å². The first-order chi connectivity index (χ1) is 8.24. The minimum Gasteiger partial charge on any atom is -0.368 e. The third-order valence-corrected chi connectivity index (χ3v) is 2.32. The van der Waals surface area contributed by atoms with Crippen molar-refractivity contribution >= 4 is 5.95 Å². The summed E-state index contributed by atoms with van der Waals surface area (Å²) in [5.74, 6) is 0.314. The molecule has 0 aromatic carbocycles. The summed E-state index contributed by atoms with van der Waals surface area (Å²) in [5, 5.41) is 0. The van der Waals surface area contributed by atoms with Crippen LogP contribution in [-0.2, 0) is 13.1 Å². The van der Waals surface area contributed by atoms with Crippen LogP contribution in [0.4, 0.5) is 5.95 Å². The highest BCUT2D eigenvalue weighted by Crippen LogP contribution is 2.04. The number of hydrogen-bond donors (Lipinski definition) is 1. The lowest BCUT2D eigenvalue weighted by Gasteiger charge is -2.15. The van der Waals surface area contributed by atoms with E-state index in [1.54, 1.807) is 12.4 Å². The van der Waals surface area contributed by atoms with Gasteiger partial charge in [-0.05, 0) is 25.2 Å². The Bertz CT molecular complexity index is 471. The molecule has 0 spiro atoms. The smallest absolute Gasteiger partial charge is 0.220 e. The summed E-state index contributed by atoms with van der Waals surface area (Å²) >= 11 is 0. The first kappa shape index (κ1) is 11.5. The van der Waals surface area contributed by atoms with Crippen molar-refractivity contribution in [1.29, 1.82) is 0 Å². The molecular formula is C12H15N5. The monoisotopic (exact) mass is 229 g/mol. The SMILES string of the molecule is CN(Cc1ccccn1)Cc1ccnc(N)n1. The number of aromatic nitrogens is 3. The van der Waals surface area contributed by atoms with E-state index in [4.69, 9.17) is 5.73 Å². The van der Waals surface area contributed by atoms with Crippen LogP contribution in [0.3, 0.4) is 0 Å². The van der Waals surface area contributed by atoms with Gasteiger partial charge in [0.1, 0.15) is 0 Å². The zero-order valence-electron chi connectivity index (χ0n) is 9.74. The van der Waals surface area contributed by atoms with E-state index >= 15 is 0 Å². The molecule has 0 saturated carbocycles. The van der Waals surface area contributed by atoms with Gasteiger partial charge in [-0.2, -0.15) is 0 Å². The molecule has 0 unspecified atom stereocenters. The number of pyridine rings is 1. The summed E-state index contributed by atoms with van der Waals surface area (Å²) in [6.45, 7) is 1.51. The van der Waals surface area contributed by atoms with E-state index in [2.05, 4.69) is 19.9 Å². The summed E-state index contributed by atoms with van der Waals surface area (Å²) < 4.78 is 0. The number of rotatable bonds is 4. The van der Waals surface area contributed by atoms with Gasteiger partial charge in [-0.15, -0.1) is 0 Å². The van der Waals surface area contributed by atoms with Crippen molar-refractivity contribution in [2.45, 2.75) is 13.1 Å². The van der Waals surface area contributed by atoms with Gasteiger partial charge in [0.05, 0.1) is 11.4 Å². The zero-order valence-corrected chi connectivity index (χ0v) is 9.74. The van der Waals surface area contributed by atoms with Crippen molar-refractivity contribution in [2.24, 2.45) is 0 Å². The van der Waals surface area contributed by atoms with E-state index < -0.39 is 0 Å². The molecule has 2 aromatic heterocycles. The Balaban J connectivity index is 1.96. The second-order valence-corrected chi connectivity index (χ2v) is 3.90. The molecule has 88 valence electrons. The molecule has 0 saturated heterocycles. The normalized spacial score (nSPS) is 10.7. The van der Waals surface area contributed by atoms with Crippen LogP contribution in [0.1, 0.15) is 11.4 Å². The Labute approximate surface area is 100 Å². The fourth-order valence-corrected chi connectivity index (χ4v) is 1.60. The van der Waals surface area contributed by atoms with Gasteiger partial charge in [0.15, 0.2) is 0 Å². The maximum atomic E-state index is 5.53.